The van der Waals surface area contributed by atoms with E-state index in [1.807, 2.05) is 13.0 Å². The largest absolute Gasteiger partial charge is 0.381 e. The number of nitriles is 1. The number of hydrogen-bond acceptors (Lipinski definition) is 5. The minimum absolute atomic E-state index is 0.0672. The quantitative estimate of drug-likeness (QED) is 0.666. The van der Waals surface area contributed by atoms with Gasteiger partial charge in [0.25, 0.3) is 5.69 Å². The molecule has 0 bridgehead atoms. The van der Waals surface area contributed by atoms with E-state index in [-0.39, 0.29) is 17.8 Å². The molecule has 1 saturated heterocycles. The Balaban J connectivity index is 2.16. The number of non-ortho nitro benzene ring substituents is 1. The normalized spacial score (nSPS) is 22.5. The Kier molecular flexibility index (Phi) is 3.97. The topological polar surface area (TPSA) is 88.2 Å². The Bertz CT molecular complexity index is 524. The van der Waals surface area contributed by atoms with Gasteiger partial charge in [-0.3, -0.25) is 10.1 Å². The van der Waals surface area contributed by atoms with Crippen molar-refractivity contribution >= 4 is 11.4 Å². The zero-order chi connectivity index (χ0) is 13.8. The van der Waals surface area contributed by atoms with Crippen LogP contribution in [-0.2, 0) is 4.74 Å². The summed E-state index contributed by atoms with van der Waals surface area (Å²) in [5.41, 5.74) is 0.878. The average Bonchev–Trinajstić information content (AvgIpc) is 2.39. The lowest BCUT2D eigenvalue weighted by Crippen LogP contribution is -2.32. The zero-order valence-corrected chi connectivity index (χ0v) is 10.6. The Hall–Kier alpha value is -2.13. The lowest BCUT2D eigenvalue weighted by molar-refractivity contribution is -0.384. The van der Waals surface area contributed by atoms with E-state index < -0.39 is 4.92 Å². The third-order valence-electron chi connectivity index (χ3n) is 3.18. The third kappa shape index (κ3) is 3.20. The van der Waals surface area contributed by atoms with Crippen molar-refractivity contribution < 1.29 is 9.66 Å². The second-order valence-corrected chi connectivity index (χ2v) is 4.65. The summed E-state index contributed by atoms with van der Waals surface area (Å²) in [7, 11) is 0. The van der Waals surface area contributed by atoms with Crippen molar-refractivity contribution in [3.05, 3.63) is 33.9 Å². The molecule has 1 fully saturated rings. The molecule has 1 aliphatic heterocycles. The molecular formula is C13H15N3O3. The van der Waals surface area contributed by atoms with Crippen molar-refractivity contribution in [1.82, 2.24) is 0 Å². The van der Waals surface area contributed by atoms with Crippen LogP contribution in [0.3, 0.4) is 0 Å². The van der Waals surface area contributed by atoms with Crippen LogP contribution >= 0.6 is 0 Å². The van der Waals surface area contributed by atoms with Gasteiger partial charge in [0.15, 0.2) is 0 Å². The van der Waals surface area contributed by atoms with E-state index >= 15 is 0 Å². The van der Waals surface area contributed by atoms with Crippen molar-refractivity contribution in [1.29, 1.82) is 5.26 Å². The summed E-state index contributed by atoms with van der Waals surface area (Å²) in [6.07, 6.45) is 1.92. The minimum Gasteiger partial charge on any atom is -0.381 e. The average molecular weight is 261 g/mol. The molecule has 0 spiro atoms. The van der Waals surface area contributed by atoms with Crippen LogP contribution < -0.4 is 5.32 Å². The number of nitro groups is 1. The van der Waals surface area contributed by atoms with Gasteiger partial charge in [-0.1, -0.05) is 0 Å². The van der Waals surface area contributed by atoms with Gasteiger partial charge >= 0.3 is 0 Å². The van der Waals surface area contributed by atoms with Gasteiger partial charge in [-0.2, -0.15) is 5.26 Å². The van der Waals surface area contributed by atoms with Crippen LogP contribution in [0.5, 0.6) is 0 Å². The fourth-order valence-corrected chi connectivity index (χ4v) is 2.21. The van der Waals surface area contributed by atoms with Crippen LogP contribution in [-0.4, -0.2) is 23.7 Å². The van der Waals surface area contributed by atoms with Gasteiger partial charge in [0.2, 0.25) is 0 Å². The Morgan fingerprint density at radius 2 is 2.37 bits per heavy atom. The lowest BCUT2D eigenvalue weighted by Gasteiger charge is -2.28. The molecule has 2 atom stereocenters. The van der Waals surface area contributed by atoms with Crippen molar-refractivity contribution in [2.45, 2.75) is 31.9 Å². The van der Waals surface area contributed by atoms with E-state index in [2.05, 4.69) is 5.32 Å². The summed E-state index contributed by atoms with van der Waals surface area (Å²) in [5, 5.41) is 23.0. The van der Waals surface area contributed by atoms with Crippen LogP contribution in [0.25, 0.3) is 0 Å². The highest BCUT2D eigenvalue weighted by Gasteiger charge is 2.20. The number of rotatable bonds is 3. The first-order chi connectivity index (χ1) is 9.10. The van der Waals surface area contributed by atoms with E-state index in [1.165, 1.54) is 12.1 Å². The number of benzene rings is 1. The van der Waals surface area contributed by atoms with Gasteiger partial charge in [0, 0.05) is 24.8 Å². The van der Waals surface area contributed by atoms with Gasteiger partial charge in [-0.15, -0.1) is 0 Å². The predicted molar refractivity (Wildman–Crippen MR) is 69.9 cm³/mol. The van der Waals surface area contributed by atoms with Crippen molar-refractivity contribution in [2.75, 3.05) is 11.9 Å². The Morgan fingerprint density at radius 3 is 3.00 bits per heavy atom. The van der Waals surface area contributed by atoms with Gasteiger partial charge in [-0.05, 0) is 25.8 Å². The van der Waals surface area contributed by atoms with Crippen molar-refractivity contribution in [3.63, 3.8) is 0 Å². The summed E-state index contributed by atoms with van der Waals surface area (Å²) in [5.74, 6) is 0. The Morgan fingerprint density at radius 1 is 1.58 bits per heavy atom. The molecule has 2 unspecified atom stereocenters. The molecule has 1 heterocycles. The van der Waals surface area contributed by atoms with Gasteiger partial charge in [0.1, 0.15) is 6.07 Å². The van der Waals surface area contributed by atoms with E-state index in [4.69, 9.17) is 10.00 Å². The van der Waals surface area contributed by atoms with Crippen LogP contribution in [0.2, 0.25) is 0 Å². The maximum absolute atomic E-state index is 10.7. The molecule has 1 aromatic rings. The number of nitrogens with zero attached hydrogens (tertiary/aromatic N) is 2. The first kappa shape index (κ1) is 13.3. The first-order valence-electron chi connectivity index (χ1n) is 6.17. The highest BCUT2D eigenvalue weighted by atomic mass is 16.6. The van der Waals surface area contributed by atoms with Gasteiger partial charge in [-0.25, -0.2) is 0 Å². The molecule has 6 nitrogen and oxygen atoms in total. The van der Waals surface area contributed by atoms with E-state index in [0.29, 0.717) is 17.9 Å². The maximum Gasteiger partial charge on any atom is 0.270 e. The maximum atomic E-state index is 10.7. The van der Waals surface area contributed by atoms with E-state index in [0.717, 1.165) is 12.8 Å². The molecule has 0 amide bonds. The molecule has 0 aliphatic carbocycles. The molecule has 1 N–H and O–H groups in total. The second-order valence-electron chi connectivity index (χ2n) is 4.65. The summed E-state index contributed by atoms with van der Waals surface area (Å²) < 4.78 is 5.46. The smallest absolute Gasteiger partial charge is 0.270 e. The van der Waals surface area contributed by atoms with Crippen LogP contribution in [0.1, 0.15) is 25.3 Å². The van der Waals surface area contributed by atoms with Crippen molar-refractivity contribution in [3.8, 4) is 6.07 Å². The van der Waals surface area contributed by atoms with Gasteiger partial charge < -0.3 is 10.1 Å². The monoisotopic (exact) mass is 261 g/mol. The van der Waals surface area contributed by atoms with Crippen LogP contribution in [0.15, 0.2) is 18.2 Å². The molecule has 2 rings (SSSR count). The fourth-order valence-electron chi connectivity index (χ4n) is 2.21. The summed E-state index contributed by atoms with van der Waals surface area (Å²) >= 11 is 0. The number of ether oxygens (including phenoxy) is 1. The number of anilines is 1. The van der Waals surface area contributed by atoms with Crippen molar-refractivity contribution in [2.24, 2.45) is 0 Å². The standard InChI is InChI=1S/C13H15N3O3/c1-9-6-11(4-5-19-9)15-13-3-2-12(16(17)18)7-10(13)8-14/h2-3,7,9,11,15H,4-6H2,1H3. The first-order valence-corrected chi connectivity index (χ1v) is 6.17. The van der Waals surface area contributed by atoms with Crippen LogP contribution in [0.4, 0.5) is 11.4 Å². The minimum atomic E-state index is -0.499. The third-order valence-corrected chi connectivity index (χ3v) is 3.18. The molecule has 1 aliphatic rings. The predicted octanol–water partition coefficient (Wildman–Crippen LogP) is 2.45. The molecular weight excluding hydrogens is 246 g/mol. The van der Waals surface area contributed by atoms with Crippen LogP contribution in [0, 0.1) is 21.4 Å². The number of hydrogen-bond donors (Lipinski definition) is 1. The number of nitrogens with one attached hydrogen (secondary N) is 1. The summed E-state index contributed by atoms with van der Waals surface area (Å²) in [6.45, 7) is 2.70. The Labute approximate surface area is 111 Å². The highest BCUT2D eigenvalue weighted by Crippen LogP contribution is 2.24. The molecule has 19 heavy (non-hydrogen) atoms. The van der Waals surface area contributed by atoms with E-state index in [9.17, 15) is 10.1 Å². The van der Waals surface area contributed by atoms with Gasteiger partial charge in [0.05, 0.1) is 22.3 Å². The fraction of sp³-hybridized carbons (Fsp3) is 0.462. The molecule has 1 aromatic carbocycles. The number of nitro benzene ring substituents is 1. The lowest BCUT2D eigenvalue weighted by atomic mass is 10.0. The SMILES string of the molecule is CC1CC(Nc2ccc([N+](=O)[O-])cc2C#N)CCO1. The molecule has 6 heteroatoms. The second kappa shape index (κ2) is 5.67. The molecule has 0 aromatic heterocycles. The summed E-state index contributed by atoms with van der Waals surface area (Å²) in [6, 6.07) is 6.53. The molecule has 0 saturated carbocycles. The molecule has 0 radical (unpaired) electrons. The highest BCUT2D eigenvalue weighted by molar-refractivity contribution is 5.61. The zero-order valence-electron chi connectivity index (χ0n) is 10.6. The summed E-state index contributed by atoms with van der Waals surface area (Å²) in [4.78, 5) is 10.2. The van der Waals surface area contributed by atoms with E-state index in [1.54, 1.807) is 6.07 Å². The molecule has 100 valence electrons.